The lowest BCUT2D eigenvalue weighted by Gasteiger charge is -2.27. The topological polar surface area (TPSA) is 3.24 Å². The van der Waals surface area contributed by atoms with Crippen molar-refractivity contribution in [3.05, 3.63) is 236 Å². The molecule has 10 aromatic carbocycles. The maximum Gasteiger partial charge on any atom is 0.0467 e. The first-order chi connectivity index (χ1) is 29.5. The molecule has 0 radical (unpaired) electrons. The van der Waals surface area contributed by atoms with Crippen LogP contribution in [-0.4, -0.2) is 0 Å². The number of hydrogen-bond donors (Lipinski definition) is 0. The second kappa shape index (κ2) is 14.4. The van der Waals surface area contributed by atoms with Crippen molar-refractivity contribution in [2.75, 3.05) is 4.90 Å². The van der Waals surface area contributed by atoms with E-state index < -0.39 is 0 Å². The lowest BCUT2D eigenvalue weighted by molar-refractivity contribution is 0.660. The van der Waals surface area contributed by atoms with Gasteiger partial charge in [0.2, 0.25) is 0 Å². The molecule has 0 unspecified atom stereocenters. The largest absolute Gasteiger partial charge is 0.310 e. The second-order valence-corrected chi connectivity index (χ2v) is 16.5. The summed E-state index contributed by atoms with van der Waals surface area (Å²) in [6.45, 7) is 4.70. The molecule has 0 spiro atoms. The van der Waals surface area contributed by atoms with Crippen molar-refractivity contribution in [2.45, 2.75) is 19.3 Å². The Morgan fingerprint density at radius 1 is 0.300 bits per heavy atom. The summed E-state index contributed by atoms with van der Waals surface area (Å²) in [6, 6.07) is 82.3. The van der Waals surface area contributed by atoms with Crippen molar-refractivity contribution in [3.63, 3.8) is 0 Å². The monoisotopic (exact) mass is 765 g/mol. The van der Waals surface area contributed by atoms with Gasteiger partial charge in [0.25, 0.3) is 0 Å². The van der Waals surface area contributed by atoms with Crippen LogP contribution in [0.5, 0.6) is 0 Å². The molecule has 11 rings (SSSR count). The van der Waals surface area contributed by atoms with Gasteiger partial charge in [0.05, 0.1) is 0 Å². The van der Waals surface area contributed by atoms with Gasteiger partial charge in [-0.05, 0) is 125 Å². The zero-order chi connectivity index (χ0) is 40.2. The Labute approximate surface area is 352 Å². The van der Waals surface area contributed by atoms with Crippen LogP contribution >= 0.6 is 0 Å². The van der Waals surface area contributed by atoms with Crippen molar-refractivity contribution in [3.8, 4) is 55.6 Å². The van der Waals surface area contributed by atoms with E-state index in [2.05, 4.69) is 243 Å². The summed E-state index contributed by atoms with van der Waals surface area (Å²) < 4.78 is 0. The number of hydrogen-bond acceptors (Lipinski definition) is 1. The third kappa shape index (κ3) is 6.01. The molecular formula is C59H43N. The Kier molecular flexibility index (Phi) is 8.57. The molecule has 0 N–H and O–H groups in total. The van der Waals surface area contributed by atoms with E-state index in [9.17, 15) is 0 Å². The van der Waals surface area contributed by atoms with E-state index in [1.165, 1.54) is 88.3 Å². The summed E-state index contributed by atoms with van der Waals surface area (Å²) in [4.78, 5) is 2.39. The fraction of sp³-hybridized carbons (Fsp3) is 0.0508. The van der Waals surface area contributed by atoms with Crippen LogP contribution in [-0.2, 0) is 5.41 Å². The third-order valence-corrected chi connectivity index (χ3v) is 12.7. The molecule has 10 aromatic rings. The molecule has 0 amide bonds. The summed E-state index contributed by atoms with van der Waals surface area (Å²) in [5.41, 5.74) is 18.5. The van der Waals surface area contributed by atoms with Crippen LogP contribution in [0.2, 0.25) is 0 Å². The highest BCUT2D eigenvalue weighted by atomic mass is 15.1. The fourth-order valence-electron chi connectivity index (χ4n) is 9.64. The van der Waals surface area contributed by atoms with E-state index in [0.29, 0.717) is 0 Å². The van der Waals surface area contributed by atoms with Gasteiger partial charge in [-0.2, -0.15) is 0 Å². The molecule has 0 aromatic heterocycles. The van der Waals surface area contributed by atoms with E-state index >= 15 is 0 Å². The average molecular weight is 766 g/mol. The highest BCUT2D eigenvalue weighted by molar-refractivity contribution is 5.99. The van der Waals surface area contributed by atoms with Crippen molar-refractivity contribution in [1.82, 2.24) is 0 Å². The van der Waals surface area contributed by atoms with E-state index in [4.69, 9.17) is 0 Å². The Morgan fingerprint density at radius 2 is 0.733 bits per heavy atom. The van der Waals surface area contributed by atoms with Crippen LogP contribution in [0, 0.1) is 0 Å². The van der Waals surface area contributed by atoms with Gasteiger partial charge in [0, 0.05) is 22.5 Å². The minimum atomic E-state index is -0.0601. The molecular weight excluding hydrogens is 723 g/mol. The average Bonchev–Trinajstić information content (AvgIpc) is 3.55. The lowest BCUT2D eigenvalue weighted by Crippen LogP contribution is -2.14. The highest BCUT2D eigenvalue weighted by Gasteiger charge is 2.36. The minimum Gasteiger partial charge on any atom is -0.310 e. The fourth-order valence-corrected chi connectivity index (χ4v) is 9.64. The lowest BCUT2D eigenvalue weighted by atomic mass is 9.82. The van der Waals surface area contributed by atoms with Crippen molar-refractivity contribution in [1.29, 1.82) is 0 Å². The molecule has 0 aliphatic heterocycles. The number of rotatable bonds is 7. The predicted octanol–water partition coefficient (Wildman–Crippen LogP) is 16.4. The van der Waals surface area contributed by atoms with Crippen LogP contribution in [0.1, 0.15) is 25.0 Å². The summed E-state index contributed by atoms with van der Waals surface area (Å²) in [5.74, 6) is 0. The van der Waals surface area contributed by atoms with Crippen LogP contribution in [0.15, 0.2) is 224 Å². The van der Waals surface area contributed by atoms with Gasteiger partial charge in [0.1, 0.15) is 0 Å². The maximum atomic E-state index is 2.39. The van der Waals surface area contributed by atoms with Gasteiger partial charge < -0.3 is 4.90 Å². The summed E-state index contributed by atoms with van der Waals surface area (Å²) in [7, 11) is 0. The first-order valence-electron chi connectivity index (χ1n) is 20.9. The van der Waals surface area contributed by atoms with Crippen LogP contribution in [0.4, 0.5) is 17.1 Å². The number of anilines is 3. The molecule has 60 heavy (non-hydrogen) atoms. The molecule has 1 nitrogen and oxygen atoms in total. The quantitative estimate of drug-likeness (QED) is 0.156. The molecule has 0 heterocycles. The number of benzene rings is 10. The summed E-state index contributed by atoms with van der Waals surface area (Å²) >= 11 is 0. The van der Waals surface area contributed by atoms with Gasteiger partial charge in [-0.1, -0.05) is 202 Å². The van der Waals surface area contributed by atoms with Gasteiger partial charge in [-0.15, -0.1) is 0 Å². The van der Waals surface area contributed by atoms with Crippen molar-refractivity contribution in [2.24, 2.45) is 0 Å². The predicted molar refractivity (Wildman–Crippen MR) is 255 cm³/mol. The van der Waals surface area contributed by atoms with Gasteiger partial charge in [-0.3, -0.25) is 0 Å². The first kappa shape index (κ1) is 35.7. The van der Waals surface area contributed by atoms with Crippen molar-refractivity contribution < 1.29 is 0 Å². The van der Waals surface area contributed by atoms with Gasteiger partial charge >= 0.3 is 0 Å². The van der Waals surface area contributed by atoms with Crippen LogP contribution in [0.25, 0.3) is 77.2 Å². The van der Waals surface area contributed by atoms with E-state index in [1.807, 2.05) is 0 Å². The van der Waals surface area contributed by atoms with E-state index in [-0.39, 0.29) is 5.41 Å². The summed E-state index contributed by atoms with van der Waals surface area (Å²) in [5, 5.41) is 5.05. The minimum absolute atomic E-state index is 0.0601. The summed E-state index contributed by atoms with van der Waals surface area (Å²) in [6.07, 6.45) is 0. The number of nitrogens with zero attached hydrogens (tertiary/aromatic N) is 1. The van der Waals surface area contributed by atoms with Gasteiger partial charge in [0.15, 0.2) is 0 Å². The van der Waals surface area contributed by atoms with Crippen LogP contribution in [0.3, 0.4) is 0 Å². The van der Waals surface area contributed by atoms with Crippen molar-refractivity contribution >= 4 is 38.6 Å². The molecule has 0 atom stereocenters. The Balaban J connectivity index is 0.990. The molecule has 0 saturated carbocycles. The Bertz CT molecular complexity index is 3200. The zero-order valence-electron chi connectivity index (χ0n) is 33.8. The first-order valence-corrected chi connectivity index (χ1v) is 20.9. The molecule has 0 saturated heterocycles. The van der Waals surface area contributed by atoms with Crippen LogP contribution < -0.4 is 4.90 Å². The molecule has 1 heteroatoms. The molecule has 0 fully saturated rings. The molecule has 284 valence electrons. The number of fused-ring (bicyclic) bond motifs is 5. The van der Waals surface area contributed by atoms with E-state index in [0.717, 1.165) is 17.1 Å². The third-order valence-electron chi connectivity index (χ3n) is 12.7. The van der Waals surface area contributed by atoms with E-state index in [1.54, 1.807) is 0 Å². The second-order valence-electron chi connectivity index (χ2n) is 16.5. The molecule has 1 aliphatic rings. The Hall–Kier alpha value is -7.48. The molecule has 1 aliphatic carbocycles. The SMILES string of the molecule is CC1(C)c2ccccc2-c2c(-c3cccc(N(c4ccc(-c5ccc(-c6cccc7ccccc67)cc5)cc4)c4ccc(-c5cccc6ccccc56)cc4)c3)cccc21. The standard InChI is InChI=1S/C59H43N/c1-59(2)56-25-8-7-21-55(56)58-54(24-12-26-57(58)59)46-17-9-18-49(39-46)60(48-37-33-45(34-38-48)53-23-11-16-43-14-4-6-20-51(43)53)47-35-31-41(32-36-47)40-27-29-44(30-28-40)52-22-10-15-42-13-3-5-19-50(42)52/h3-39H,1-2H3. The maximum absolute atomic E-state index is 2.39. The smallest absolute Gasteiger partial charge is 0.0467 e. The van der Waals surface area contributed by atoms with Gasteiger partial charge in [-0.25, -0.2) is 0 Å². The zero-order valence-corrected chi connectivity index (χ0v) is 33.8. The highest BCUT2D eigenvalue weighted by Crippen LogP contribution is 2.52. The normalized spacial score (nSPS) is 12.6. The Morgan fingerprint density at radius 3 is 1.37 bits per heavy atom. The molecule has 0 bridgehead atoms.